The van der Waals surface area contributed by atoms with Gasteiger partial charge < -0.3 is 0 Å². The summed E-state index contributed by atoms with van der Waals surface area (Å²) < 4.78 is 22.7. The van der Waals surface area contributed by atoms with Crippen LogP contribution in [0.25, 0.3) is 0 Å². The minimum atomic E-state index is -3.06. The van der Waals surface area contributed by atoms with E-state index in [0.717, 1.165) is 18.4 Å². The maximum Gasteiger partial charge on any atom is 0.175 e. The zero-order chi connectivity index (χ0) is 9.47. The predicted octanol–water partition coefficient (Wildman–Crippen LogP) is 1.81. The lowest BCUT2D eigenvalue weighted by Gasteiger charge is -2.04. The van der Waals surface area contributed by atoms with Gasteiger partial charge in [-0.2, -0.15) is 0 Å². The molecule has 1 radical (unpaired) electrons. The van der Waals surface area contributed by atoms with Gasteiger partial charge in [-0.25, -0.2) is 8.42 Å². The number of hydrogen-bond donors (Lipinski definition) is 0. The Morgan fingerprint density at radius 1 is 1.15 bits per heavy atom. The molecule has 0 spiro atoms. The predicted molar refractivity (Wildman–Crippen MR) is 51.1 cm³/mol. The Hall–Kier alpha value is -0.830. The SMILES string of the molecule is CS(=O)(=O)c1ccccc1[C]1CC1. The highest BCUT2D eigenvalue weighted by Crippen LogP contribution is 2.41. The zero-order valence-corrected chi connectivity index (χ0v) is 8.26. The van der Waals surface area contributed by atoms with Gasteiger partial charge in [-0.15, -0.1) is 0 Å². The van der Waals surface area contributed by atoms with Crippen molar-refractivity contribution in [1.82, 2.24) is 0 Å². The van der Waals surface area contributed by atoms with E-state index in [9.17, 15) is 8.42 Å². The van der Waals surface area contributed by atoms with Gasteiger partial charge in [0.1, 0.15) is 0 Å². The maximum absolute atomic E-state index is 11.4. The molecule has 0 heterocycles. The van der Waals surface area contributed by atoms with Crippen molar-refractivity contribution >= 4 is 9.84 Å². The standard InChI is InChI=1S/C10H11O2S/c1-13(11,12)10-5-3-2-4-9(10)8-6-7-8/h2-5H,6-7H2,1H3. The van der Waals surface area contributed by atoms with Gasteiger partial charge >= 0.3 is 0 Å². The van der Waals surface area contributed by atoms with Crippen molar-refractivity contribution in [3.8, 4) is 0 Å². The minimum Gasteiger partial charge on any atom is -0.224 e. The summed E-state index contributed by atoms with van der Waals surface area (Å²) in [5, 5.41) is 0. The van der Waals surface area contributed by atoms with E-state index in [-0.39, 0.29) is 0 Å². The van der Waals surface area contributed by atoms with E-state index in [1.807, 2.05) is 12.1 Å². The van der Waals surface area contributed by atoms with Crippen molar-refractivity contribution in [1.29, 1.82) is 0 Å². The van der Waals surface area contributed by atoms with Gasteiger partial charge in [0.2, 0.25) is 0 Å². The molecule has 2 nitrogen and oxygen atoms in total. The van der Waals surface area contributed by atoms with Crippen LogP contribution in [0.1, 0.15) is 18.4 Å². The Morgan fingerprint density at radius 2 is 1.77 bits per heavy atom. The van der Waals surface area contributed by atoms with Crippen LogP contribution in [0.4, 0.5) is 0 Å². The fourth-order valence-electron chi connectivity index (χ4n) is 1.41. The first kappa shape index (κ1) is 8.75. The second-order valence-electron chi connectivity index (χ2n) is 3.37. The van der Waals surface area contributed by atoms with Crippen LogP contribution < -0.4 is 0 Å². The summed E-state index contributed by atoms with van der Waals surface area (Å²) in [6, 6.07) is 7.22. The molecule has 69 valence electrons. The number of rotatable bonds is 2. The lowest BCUT2D eigenvalue weighted by atomic mass is 10.1. The first-order valence-electron chi connectivity index (χ1n) is 4.23. The van der Waals surface area contributed by atoms with Crippen molar-refractivity contribution in [3.05, 3.63) is 35.7 Å². The van der Waals surface area contributed by atoms with Crippen LogP contribution in [0.3, 0.4) is 0 Å². The molecule has 1 aliphatic carbocycles. The number of benzene rings is 1. The van der Waals surface area contributed by atoms with E-state index in [1.165, 1.54) is 12.2 Å². The Labute approximate surface area is 78.5 Å². The van der Waals surface area contributed by atoms with E-state index >= 15 is 0 Å². The largest absolute Gasteiger partial charge is 0.224 e. The third kappa shape index (κ3) is 1.75. The average Bonchev–Trinajstić information content (AvgIpc) is 2.85. The fraction of sp³-hybridized carbons (Fsp3) is 0.300. The first-order valence-corrected chi connectivity index (χ1v) is 6.12. The van der Waals surface area contributed by atoms with Crippen molar-refractivity contribution in [2.45, 2.75) is 17.7 Å². The molecule has 0 aliphatic heterocycles. The van der Waals surface area contributed by atoms with Gasteiger partial charge in [0, 0.05) is 12.2 Å². The topological polar surface area (TPSA) is 34.1 Å². The molecule has 0 aromatic heterocycles. The highest BCUT2D eigenvalue weighted by atomic mass is 32.2. The van der Waals surface area contributed by atoms with Gasteiger partial charge in [0.05, 0.1) is 4.90 Å². The molecule has 3 heteroatoms. The first-order chi connectivity index (χ1) is 6.09. The molecule has 1 aromatic carbocycles. The quantitative estimate of drug-likeness (QED) is 0.721. The lowest BCUT2D eigenvalue weighted by molar-refractivity contribution is 0.601. The summed E-state index contributed by atoms with van der Waals surface area (Å²) in [7, 11) is -3.06. The highest BCUT2D eigenvalue weighted by Gasteiger charge is 2.28. The maximum atomic E-state index is 11.4. The summed E-state index contributed by atoms with van der Waals surface area (Å²) in [6.45, 7) is 0. The molecule has 13 heavy (non-hydrogen) atoms. The molecule has 0 N–H and O–H groups in total. The molecule has 0 atom stereocenters. The van der Waals surface area contributed by atoms with E-state index in [4.69, 9.17) is 0 Å². The second kappa shape index (κ2) is 2.84. The van der Waals surface area contributed by atoms with Gasteiger partial charge in [0.15, 0.2) is 9.84 Å². The van der Waals surface area contributed by atoms with Crippen LogP contribution >= 0.6 is 0 Å². The molecule has 1 saturated carbocycles. The van der Waals surface area contributed by atoms with E-state index < -0.39 is 9.84 Å². The molecule has 1 fully saturated rings. The van der Waals surface area contributed by atoms with Gasteiger partial charge in [-0.3, -0.25) is 0 Å². The van der Waals surface area contributed by atoms with Crippen LogP contribution in [0, 0.1) is 5.92 Å². The molecule has 0 unspecified atom stereocenters. The van der Waals surface area contributed by atoms with Crippen LogP contribution in [-0.2, 0) is 9.84 Å². The molecule has 0 amide bonds. The molecule has 1 aliphatic rings. The summed E-state index contributed by atoms with van der Waals surface area (Å²) in [5.74, 6) is 1.26. The normalized spacial score (nSPS) is 17.3. The van der Waals surface area contributed by atoms with E-state index in [2.05, 4.69) is 0 Å². The molecule has 0 bridgehead atoms. The molecule has 1 aromatic rings. The van der Waals surface area contributed by atoms with Crippen molar-refractivity contribution in [2.75, 3.05) is 6.26 Å². The summed E-state index contributed by atoms with van der Waals surface area (Å²) in [4.78, 5) is 0.475. The Bertz CT molecular complexity index is 416. The lowest BCUT2D eigenvalue weighted by Crippen LogP contribution is -2.01. The van der Waals surface area contributed by atoms with Gasteiger partial charge in [0.25, 0.3) is 0 Å². The van der Waals surface area contributed by atoms with E-state index in [0.29, 0.717) is 4.90 Å². The number of hydrogen-bond acceptors (Lipinski definition) is 2. The Kier molecular flexibility index (Phi) is 1.91. The highest BCUT2D eigenvalue weighted by molar-refractivity contribution is 7.90. The van der Waals surface area contributed by atoms with Crippen LogP contribution in [0.2, 0.25) is 0 Å². The van der Waals surface area contributed by atoms with E-state index in [1.54, 1.807) is 12.1 Å². The average molecular weight is 195 g/mol. The zero-order valence-electron chi connectivity index (χ0n) is 7.45. The summed E-state index contributed by atoms with van der Waals surface area (Å²) in [6.07, 6.45) is 3.35. The monoisotopic (exact) mass is 195 g/mol. The fourth-order valence-corrected chi connectivity index (χ4v) is 2.35. The van der Waals surface area contributed by atoms with Crippen molar-refractivity contribution < 1.29 is 8.42 Å². The van der Waals surface area contributed by atoms with Crippen LogP contribution in [0.15, 0.2) is 29.2 Å². The van der Waals surface area contributed by atoms with Gasteiger partial charge in [-0.1, -0.05) is 18.2 Å². The third-order valence-corrected chi connectivity index (χ3v) is 3.32. The molecule has 0 saturated heterocycles. The van der Waals surface area contributed by atoms with Gasteiger partial charge in [-0.05, 0) is 24.5 Å². The Balaban J connectivity index is 2.55. The van der Waals surface area contributed by atoms with Crippen molar-refractivity contribution in [2.24, 2.45) is 0 Å². The van der Waals surface area contributed by atoms with Crippen molar-refractivity contribution in [3.63, 3.8) is 0 Å². The molecular formula is C10H11O2S. The Morgan fingerprint density at radius 3 is 2.31 bits per heavy atom. The van der Waals surface area contributed by atoms with Crippen LogP contribution in [-0.4, -0.2) is 14.7 Å². The summed E-state index contributed by atoms with van der Waals surface area (Å²) >= 11 is 0. The molecular weight excluding hydrogens is 184 g/mol. The third-order valence-electron chi connectivity index (χ3n) is 2.17. The summed E-state index contributed by atoms with van der Waals surface area (Å²) in [5.41, 5.74) is 0.921. The number of sulfone groups is 1. The minimum absolute atomic E-state index is 0.475. The molecule has 2 rings (SSSR count). The smallest absolute Gasteiger partial charge is 0.175 e. The second-order valence-corrected chi connectivity index (χ2v) is 5.36. The van der Waals surface area contributed by atoms with Crippen LogP contribution in [0.5, 0.6) is 0 Å².